The summed E-state index contributed by atoms with van der Waals surface area (Å²) in [6.45, 7) is 2.29. The molecule has 13 heavy (non-hydrogen) atoms. The molecule has 0 aliphatic heterocycles. The summed E-state index contributed by atoms with van der Waals surface area (Å²) in [5.74, 6) is 0. The summed E-state index contributed by atoms with van der Waals surface area (Å²) >= 11 is 0. The molecule has 0 saturated heterocycles. The zero-order valence-electron chi connectivity index (χ0n) is 8.16. The number of aliphatic hydroxyl groups is 1. The minimum absolute atomic E-state index is 0.106. The van der Waals surface area contributed by atoms with Crippen LogP contribution in [0.1, 0.15) is 37.4 Å². The zero-order chi connectivity index (χ0) is 9.52. The smallest absolute Gasteiger partial charge is 0.0699 e. The Bertz CT molecular complexity index is 248. The van der Waals surface area contributed by atoms with Crippen molar-refractivity contribution in [1.29, 1.82) is 0 Å². The highest BCUT2D eigenvalue weighted by atomic mass is 16.3. The van der Waals surface area contributed by atoms with Crippen molar-refractivity contribution in [3.63, 3.8) is 0 Å². The Kier molecular flexibility index (Phi) is 4.47. The number of nitrogens with zero attached hydrogens (tertiary/aromatic N) is 1. The number of pyridine rings is 1. The Morgan fingerprint density at radius 2 is 2.23 bits per heavy atom. The minimum atomic E-state index is 0.106. The average Bonchev–Trinajstić information content (AvgIpc) is 2.19. The monoisotopic (exact) mass is 179 g/mol. The summed E-state index contributed by atoms with van der Waals surface area (Å²) in [6.07, 6.45) is 6.41. The van der Waals surface area contributed by atoms with Gasteiger partial charge in [-0.25, -0.2) is 0 Å². The zero-order valence-corrected chi connectivity index (χ0v) is 8.16. The molecular weight excluding hydrogens is 162 g/mol. The van der Waals surface area contributed by atoms with Crippen LogP contribution in [0.3, 0.4) is 0 Å². The van der Waals surface area contributed by atoms with Crippen LogP contribution in [0.5, 0.6) is 0 Å². The molecular formula is C11H17NO. The highest BCUT2D eigenvalue weighted by molar-refractivity contribution is 5.18. The molecule has 1 aromatic heterocycles. The topological polar surface area (TPSA) is 33.1 Å². The first kappa shape index (κ1) is 10.2. The summed E-state index contributed by atoms with van der Waals surface area (Å²) in [4.78, 5) is 4.26. The molecule has 72 valence electrons. The first-order valence-electron chi connectivity index (χ1n) is 4.92. The van der Waals surface area contributed by atoms with Gasteiger partial charge in [-0.3, -0.25) is 4.98 Å². The van der Waals surface area contributed by atoms with Gasteiger partial charge in [0.15, 0.2) is 0 Å². The van der Waals surface area contributed by atoms with Gasteiger partial charge in [0.25, 0.3) is 0 Å². The number of aromatic nitrogens is 1. The molecule has 0 radical (unpaired) electrons. The first-order valence-corrected chi connectivity index (χ1v) is 4.92. The van der Waals surface area contributed by atoms with Crippen molar-refractivity contribution < 1.29 is 5.11 Å². The van der Waals surface area contributed by atoms with Crippen LogP contribution < -0.4 is 0 Å². The maximum atomic E-state index is 9.03. The number of hydrogen-bond donors (Lipinski definition) is 1. The molecule has 0 unspecified atom stereocenters. The fraction of sp³-hybridized carbons (Fsp3) is 0.545. The number of unbranched alkanes of at least 4 members (excludes halogenated alkanes) is 2. The molecule has 0 aromatic carbocycles. The molecule has 1 heterocycles. The Balaban J connectivity index is 2.54. The summed E-state index contributed by atoms with van der Waals surface area (Å²) in [5, 5.41) is 9.03. The average molecular weight is 179 g/mol. The maximum absolute atomic E-state index is 9.03. The number of aliphatic hydroxyl groups excluding tert-OH is 1. The van der Waals surface area contributed by atoms with E-state index in [1.807, 2.05) is 12.1 Å². The molecule has 0 spiro atoms. The Morgan fingerprint density at radius 3 is 2.92 bits per heavy atom. The quantitative estimate of drug-likeness (QED) is 0.703. The molecule has 0 bridgehead atoms. The van der Waals surface area contributed by atoms with E-state index < -0.39 is 0 Å². The second-order valence-electron chi connectivity index (χ2n) is 3.22. The minimum Gasteiger partial charge on any atom is -0.392 e. The van der Waals surface area contributed by atoms with Crippen molar-refractivity contribution in [2.75, 3.05) is 0 Å². The van der Waals surface area contributed by atoms with Gasteiger partial charge in [-0.2, -0.15) is 0 Å². The molecule has 1 N–H and O–H groups in total. The van der Waals surface area contributed by atoms with E-state index in [4.69, 9.17) is 5.11 Å². The van der Waals surface area contributed by atoms with Crippen molar-refractivity contribution in [3.05, 3.63) is 29.6 Å². The molecule has 0 fully saturated rings. The Hall–Kier alpha value is -0.890. The lowest BCUT2D eigenvalue weighted by molar-refractivity contribution is 0.280. The van der Waals surface area contributed by atoms with Crippen LogP contribution >= 0.6 is 0 Å². The van der Waals surface area contributed by atoms with Crippen molar-refractivity contribution in [2.24, 2.45) is 0 Å². The second-order valence-corrected chi connectivity index (χ2v) is 3.22. The predicted octanol–water partition coefficient (Wildman–Crippen LogP) is 2.31. The summed E-state index contributed by atoms with van der Waals surface area (Å²) in [7, 11) is 0. The SMILES string of the molecule is CCCCCc1ncccc1CO. The van der Waals surface area contributed by atoms with E-state index in [0.29, 0.717) is 0 Å². The number of hydrogen-bond acceptors (Lipinski definition) is 2. The van der Waals surface area contributed by atoms with Crippen molar-refractivity contribution in [2.45, 2.75) is 39.2 Å². The van der Waals surface area contributed by atoms with Gasteiger partial charge >= 0.3 is 0 Å². The molecule has 2 nitrogen and oxygen atoms in total. The lowest BCUT2D eigenvalue weighted by atomic mass is 10.1. The van der Waals surface area contributed by atoms with Crippen LogP contribution in [0.25, 0.3) is 0 Å². The van der Waals surface area contributed by atoms with Crippen LogP contribution in [-0.4, -0.2) is 10.1 Å². The second kappa shape index (κ2) is 5.70. The fourth-order valence-electron chi connectivity index (χ4n) is 1.38. The molecule has 1 rings (SSSR count). The predicted molar refractivity (Wildman–Crippen MR) is 53.4 cm³/mol. The summed E-state index contributed by atoms with van der Waals surface area (Å²) in [6, 6.07) is 3.81. The molecule has 0 atom stereocenters. The van der Waals surface area contributed by atoms with Gasteiger partial charge in [0, 0.05) is 11.9 Å². The normalized spacial score (nSPS) is 10.3. The molecule has 0 amide bonds. The van der Waals surface area contributed by atoms with E-state index in [9.17, 15) is 0 Å². The van der Waals surface area contributed by atoms with Crippen molar-refractivity contribution in [1.82, 2.24) is 4.98 Å². The van der Waals surface area contributed by atoms with Gasteiger partial charge in [-0.1, -0.05) is 25.8 Å². The van der Waals surface area contributed by atoms with Gasteiger partial charge in [0.05, 0.1) is 6.61 Å². The van der Waals surface area contributed by atoms with E-state index in [1.54, 1.807) is 6.20 Å². The molecule has 2 heteroatoms. The molecule has 0 saturated carbocycles. The lowest BCUT2D eigenvalue weighted by Crippen LogP contribution is -1.97. The lowest BCUT2D eigenvalue weighted by Gasteiger charge is -2.04. The van der Waals surface area contributed by atoms with E-state index in [0.717, 1.165) is 17.7 Å². The Labute approximate surface area is 79.6 Å². The third-order valence-corrected chi connectivity index (χ3v) is 2.17. The van der Waals surface area contributed by atoms with Gasteiger partial charge in [-0.15, -0.1) is 0 Å². The largest absolute Gasteiger partial charge is 0.392 e. The maximum Gasteiger partial charge on any atom is 0.0699 e. The van der Waals surface area contributed by atoms with E-state index in [2.05, 4.69) is 11.9 Å². The standard InChI is InChI=1S/C11H17NO/c1-2-3-4-7-11-10(9-13)6-5-8-12-11/h5-6,8,13H,2-4,7,9H2,1H3. The highest BCUT2D eigenvalue weighted by Crippen LogP contribution is 2.09. The van der Waals surface area contributed by atoms with Crippen LogP contribution in [0.2, 0.25) is 0 Å². The third kappa shape index (κ3) is 3.15. The number of aryl methyl sites for hydroxylation is 1. The molecule has 0 aliphatic rings. The molecule has 1 aromatic rings. The van der Waals surface area contributed by atoms with Gasteiger partial charge < -0.3 is 5.11 Å². The highest BCUT2D eigenvalue weighted by Gasteiger charge is 2.00. The van der Waals surface area contributed by atoms with E-state index >= 15 is 0 Å². The van der Waals surface area contributed by atoms with Gasteiger partial charge in [0.2, 0.25) is 0 Å². The van der Waals surface area contributed by atoms with E-state index in [-0.39, 0.29) is 6.61 Å². The van der Waals surface area contributed by atoms with Gasteiger partial charge in [-0.05, 0) is 24.5 Å². The van der Waals surface area contributed by atoms with Crippen LogP contribution in [0.15, 0.2) is 18.3 Å². The van der Waals surface area contributed by atoms with E-state index in [1.165, 1.54) is 19.3 Å². The Morgan fingerprint density at radius 1 is 1.38 bits per heavy atom. The van der Waals surface area contributed by atoms with Gasteiger partial charge in [0.1, 0.15) is 0 Å². The fourth-order valence-corrected chi connectivity index (χ4v) is 1.38. The third-order valence-electron chi connectivity index (χ3n) is 2.17. The van der Waals surface area contributed by atoms with Crippen LogP contribution in [-0.2, 0) is 13.0 Å². The summed E-state index contributed by atoms with van der Waals surface area (Å²) in [5.41, 5.74) is 2.03. The van der Waals surface area contributed by atoms with Crippen LogP contribution in [0, 0.1) is 0 Å². The summed E-state index contributed by atoms with van der Waals surface area (Å²) < 4.78 is 0. The van der Waals surface area contributed by atoms with Crippen molar-refractivity contribution >= 4 is 0 Å². The first-order chi connectivity index (χ1) is 6.38. The van der Waals surface area contributed by atoms with Crippen LogP contribution in [0.4, 0.5) is 0 Å². The number of rotatable bonds is 5. The molecule has 0 aliphatic carbocycles. The van der Waals surface area contributed by atoms with Crippen molar-refractivity contribution in [3.8, 4) is 0 Å².